The maximum Gasteiger partial charge on any atom is 0.357 e. The molecule has 0 atom stereocenters. The number of hydrogen-bond donors (Lipinski definition) is 0. The summed E-state index contributed by atoms with van der Waals surface area (Å²) in [5.74, 6) is 0.435. The van der Waals surface area contributed by atoms with Gasteiger partial charge in [-0.3, -0.25) is 0 Å². The maximum atomic E-state index is 11.5. The smallest absolute Gasteiger partial charge is 0.357 e. The van der Waals surface area contributed by atoms with Gasteiger partial charge in [0.25, 0.3) is 0 Å². The van der Waals surface area contributed by atoms with Crippen molar-refractivity contribution in [3.8, 4) is 0 Å². The Hall–Kier alpha value is -1.04. The molecule has 0 fully saturated rings. The molecule has 1 heterocycles. The topological polar surface area (TPSA) is 39.2 Å². The molecule has 6 heteroatoms. The lowest BCUT2D eigenvalue weighted by molar-refractivity contribution is 0.0520. The van der Waals surface area contributed by atoms with E-state index in [2.05, 4.69) is 4.98 Å². The molecule has 3 nitrogen and oxygen atoms in total. The summed E-state index contributed by atoms with van der Waals surface area (Å²) in [5.41, 5.74) is 1.55. The monoisotopic (exact) mass is 313 g/mol. The molecule has 0 aliphatic heterocycles. The first kappa shape index (κ1) is 14.4. The number of aromatic nitrogens is 1. The lowest BCUT2D eigenvalue weighted by Crippen LogP contribution is -2.04. The average molecular weight is 314 g/mol. The van der Waals surface area contributed by atoms with Crippen LogP contribution in [0.4, 0.5) is 0 Å². The number of nitrogens with zero attached hydrogens (tertiary/aromatic N) is 1. The molecule has 19 heavy (non-hydrogen) atoms. The van der Waals surface area contributed by atoms with Gasteiger partial charge in [-0.25, -0.2) is 9.78 Å². The van der Waals surface area contributed by atoms with Gasteiger partial charge in [0.15, 0.2) is 10.0 Å². The lowest BCUT2D eigenvalue weighted by atomic mass is 10.2. The number of halogens is 1. The van der Waals surface area contributed by atoms with E-state index in [-0.39, 0.29) is 5.97 Å². The van der Waals surface area contributed by atoms with E-state index in [0.717, 1.165) is 15.1 Å². The first-order valence-electron chi connectivity index (χ1n) is 5.69. The molecule has 1 aromatic heterocycles. The van der Waals surface area contributed by atoms with Crippen LogP contribution in [0.3, 0.4) is 0 Å². The fraction of sp³-hybridized carbons (Fsp3) is 0.231. The normalized spacial score (nSPS) is 10.4. The highest BCUT2D eigenvalue weighted by atomic mass is 35.5. The quantitative estimate of drug-likeness (QED) is 0.610. The molecular weight excluding hydrogens is 302 g/mol. The zero-order chi connectivity index (χ0) is 13.7. The van der Waals surface area contributed by atoms with Gasteiger partial charge in [-0.2, -0.15) is 0 Å². The predicted octanol–water partition coefficient (Wildman–Crippen LogP) is 4.27. The summed E-state index contributed by atoms with van der Waals surface area (Å²) in [5, 5.41) is 2.45. The minimum atomic E-state index is -0.364. The molecule has 0 radical (unpaired) electrons. The number of thioether (sulfide) groups is 1. The Labute approximate surface area is 125 Å². The molecule has 2 aromatic rings. The number of thiazole rings is 1. The molecule has 0 N–H and O–H groups in total. The minimum absolute atomic E-state index is 0.364. The van der Waals surface area contributed by atoms with Gasteiger partial charge in [0.2, 0.25) is 0 Å². The molecule has 100 valence electrons. The summed E-state index contributed by atoms with van der Waals surface area (Å²) in [6, 6.07) is 7.69. The van der Waals surface area contributed by atoms with E-state index in [4.69, 9.17) is 16.3 Å². The Balaban J connectivity index is 1.93. The highest BCUT2D eigenvalue weighted by Gasteiger charge is 2.11. The molecule has 0 bridgehead atoms. The number of rotatable bonds is 5. The Morgan fingerprint density at radius 3 is 2.84 bits per heavy atom. The van der Waals surface area contributed by atoms with Gasteiger partial charge in [0.1, 0.15) is 0 Å². The number of carbonyl (C=O) groups excluding carboxylic acids is 1. The third-order valence-corrected chi connectivity index (χ3v) is 4.59. The summed E-state index contributed by atoms with van der Waals surface area (Å²) in [7, 11) is 0. The van der Waals surface area contributed by atoms with Crippen molar-refractivity contribution in [3.05, 3.63) is 45.9 Å². The molecule has 0 aliphatic carbocycles. The van der Waals surface area contributed by atoms with Crippen LogP contribution in [-0.4, -0.2) is 17.6 Å². The van der Waals surface area contributed by atoms with Crippen LogP contribution in [-0.2, 0) is 10.5 Å². The number of carbonyl (C=O) groups is 1. The van der Waals surface area contributed by atoms with Gasteiger partial charge in [0.05, 0.1) is 6.61 Å². The largest absolute Gasteiger partial charge is 0.461 e. The first-order chi connectivity index (χ1) is 9.19. The Bertz CT molecular complexity index is 554. The number of esters is 1. The van der Waals surface area contributed by atoms with Crippen LogP contribution in [0.1, 0.15) is 23.0 Å². The fourth-order valence-electron chi connectivity index (χ4n) is 1.35. The van der Waals surface area contributed by atoms with Crippen molar-refractivity contribution in [1.29, 1.82) is 0 Å². The molecule has 2 rings (SSSR count). The summed E-state index contributed by atoms with van der Waals surface area (Å²) in [4.78, 5) is 15.7. The van der Waals surface area contributed by atoms with Gasteiger partial charge >= 0.3 is 5.97 Å². The summed E-state index contributed by atoms with van der Waals surface area (Å²) < 4.78 is 5.76. The summed E-state index contributed by atoms with van der Waals surface area (Å²) in [6.07, 6.45) is 0. The van der Waals surface area contributed by atoms with Gasteiger partial charge in [0, 0.05) is 16.2 Å². The first-order valence-corrected chi connectivity index (χ1v) is 7.93. The second-order valence-electron chi connectivity index (χ2n) is 3.63. The summed E-state index contributed by atoms with van der Waals surface area (Å²) in [6.45, 7) is 2.14. The maximum absolute atomic E-state index is 11.5. The van der Waals surface area contributed by atoms with E-state index in [1.807, 2.05) is 24.3 Å². The predicted molar refractivity (Wildman–Crippen MR) is 79.1 cm³/mol. The average Bonchev–Trinajstić information content (AvgIpc) is 2.87. The second-order valence-corrected chi connectivity index (χ2v) is 6.15. The van der Waals surface area contributed by atoms with E-state index in [0.29, 0.717) is 12.3 Å². The van der Waals surface area contributed by atoms with Crippen LogP contribution in [0.5, 0.6) is 0 Å². The van der Waals surface area contributed by atoms with Crippen LogP contribution >= 0.6 is 34.7 Å². The number of benzene rings is 1. The highest BCUT2D eigenvalue weighted by molar-refractivity contribution is 8.00. The molecular formula is C13H12ClNO2S2. The van der Waals surface area contributed by atoms with Crippen molar-refractivity contribution < 1.29 is 9.53 Å². The van der Waals surface area contributed by atoms with Gasteiger partial charge in [-0.1, -0.05) is 35.5 Å². The minimum Gasteiger partial charge on any atom is -0.461 e. The third-order valence-electron chi connectivity index (χ3n) is 2.24. The molecule has 0 spiro atoms. The van der Waals surface area contributed by atoms with Gasteiger partial charge < -0.3 is 4.74 Å². The van der Waals surface area contributed by atoms with Crippen molar-refractivity contribution in [3.63, 3.8) is 0 Å². The van der Waals surface area contributed by atoms with E-state index in [9.17, 15) is 4.79 Å². The van der Waals surface area contributed by atoms with Crippen LogP contribution in [0.25, 0.3) is 0 Å². The van der Waals surface area contributed by atoms with Crippen molar-refractivity contribution in [2.24, 2.45) is 0 Å². The van der Waals surface area contributed by atoms with Crippen LogP contribution in [0, 0.1) is 0 Å². The van der Waals surface area contributed by atoms with Crippen molar-refractivity contribution in [2.75, 3.05) is 6.61 Å². The van der Waals surface area contributed by atoms with Gasteiger partial charge in [-0.05, 0) is 24.6 Å². The van der Waals surface area contributed by atoms with E-state index in [1.54, 1.807) is 24.1 Å². The van der Waals surface area contributed by atoms with Crippen LogP contribution in [0.15, 0.2) is 34.0 Å². The molecule has 0 amide bonds. The fourth-order valence-corrected chi connectivity index (χ4v) is 3.23. The zero-order valence-corrected chi connectivity index (χ0v) is 12.6. The Morgan fingerprint density at radius 1 is 1.42 bits per heavy atom. The Kier molecular flexibility index (Phi) is 5.24. The highest BCUT2D eigenvalue weighted by Crippen LogP contribution is 2.26. The molecule has 0 aliphatic rings. The number of ether oxygens (including phenoxy) is 1. The lowest BCUT2D eigenvalue weighted by Gasteiger charge is -1.99. The second kappa shape index (κ2) is 6.93. The molecule has 0 saturated heterocycles. The molecule has 1 aromatic carbocycles. The zero-order valence-electron chi connectivity index (χ0n) is 10.3. The van der Waals surface area contributed by atoms with Crippen molar-refractivity contribution >= 4 is 40.7 Å². The number of hydrogen-bond acceptors (Lipinski definition) is 5. The third kappa shape index (κ3) is 4.23. The van der Waals surface area contributed by atoms with E-state index < -0.39 is 0 Å². The van der Waals surface area contributed by atoms with Crippen molar-refractivity contribution in [1.82, 2.24) is 4.98 Å². The van der Waals surface area contributed by atoms with Crippen LogP contribution in [0.2, 0.25) is 5.02 Å². The van der Waals surface area contributed by atoms with Crippen molar-refractivity contribution in [2.45, 2.75) is 17.0 Å². The SMILES string of the molecule is CCOC(=O)c1csc(SCc2ccc(Cl)cc2)n1. The Morgan fingerprint density at radius 2 is 2.16 bits per heavy atom. The van der Waals surface area contributed by atoms with Gasteiger partial charge in [-0.15, -0.1) is 11.3 Å². The molecule has 0 saturated carbocycles. The van der Waals surface area contributed by atoms with E-state index >= 15 is 0 Å². The van der Waals surface area contributed by atoms with Crippen LogP contribution < -0.4 is 0 Å². The standard InChI is InChI=1S/C13H12ClNO2S2/c1-2-17-12(16)11-8-19-13(15-11)18-7-9-3-5-10(14)6-4-9/h3-6,8H,2,7H2,1H3. The summed E-state index contributed by atoms with van der Waals surface area (Å²) >= 11 is 8.87. The van der Waals surface area contributed by atoms with E-state index in [1.165, 1.54) is 16.9 Å². The molecule has 0 unspecified atom stereocenters.